The number of methoxy groups -OCH3 is 3. The second-order valence-electron chi connectivity index (χ2n) is 8.39. The van der Waals surface area contributed by atoms with Crippen molar-refractivity contribution in [3.05, 3.63) is 65.9 Å². The van der Waals surface area contributed by atoms with Crippen molar-refractivity contribution in [2.45, 2.75) is 32.1 Å². The van der Waals surface area contributed by atoms with Gasteiger partial charge in [-0.1, -0.05) is 11.7 Å². The summed E-state index contributed by atoms with van der Waals surface area (Å²) in [6.45, 7) is 9.51. The zero-order valence-corrected chi connectivity index (χ0v) is 23.0. The smallest absolute Gasteiger partial charge is 0.263 e. The zero-order chi connectivity index (χ0) is 27.9. The van der Waals surface area contributed by atoms with Crippen LogP contribution in [0.5, 0.6) is 17.2 Å². The first-order chi connectivity index (χ1) is 18.1. The molecule has 0 spiro atoms. The minimum Gasteiger partial charge on any atom is -0.493 e. The van der Waals surface area contributed by atoms with Crippen LogP contribution < -0.4 is 24.2 Å². The summed E-state index contributed by atoms with van der Waals surface area (Å²) in [5, 5.41) is 15.3. The fraction of sp³-hybridized carbons (Fsp3) is 0.269. The van der Waals surface area contributed by atoms with Gasteiger partial charge in [-0.05, 0) is 68.3 Å². The maximum atomic E-state index is 12.7. The molecule has 3 aromatic rings. The van der Waals surface area contributed by atoms with Gasteiger partial charge in [-0.15, -0.1) is 5.10 Å². The molecule has 0 aliphatic carbocycles. The standard InChI is InChI=1S/C26H31N5O6S/c1-16(2)28-29-26(17(3)12-19-14-22(34-5)25(36-7)23(15-19)35-6)27-20-8-10-21(11-9-20)38(32,33)31-24-13-18(4)37-30-24/h8-11,13-15H,3,12H2,1-2,4-7H3,(H,27,29)(H,30,31). The fourth-order valence-electron chi connectivity index (χ4n) is 3.37. The maximum absolute atomic E-state index is 12.7. The van der Waals surface area contributed by atoms with E-state index >= 15 is 0 Å². The van der Waals surface area contributed by atoms with E-state index in [0.717, 1.165) is 11.3 Å². The molecule has 2 N–H and O–H groups in total. The summed E-state index contributed by atoms with van der Waals surface area (Å²) in [5.41, 5.74) is 2.83. The molecule has 0 fully saturated rings. The average Bonchev–Trinajstić information content (AvgIpc) is 3.29. The molecule has 1 aromatic heterocycles. The number of anilines is 2. The Kier molecular flexibility index (Phi) is 9.13. The van der Waals surface area contributed by atoms with Gasteiger partial charge in [-0.2, -0.15) is 5.10 Å². The largest absolute Gasteiger partial charge is 0.493 e. The van der Waals surface area contributed by atoms with Crippen LogP contribution in [0.25, 0.3) is 0 Å². The van der Waals surface area contributed by atoms with Gasteiger partial charge >= 0.3 is 0 Å². The number of sulfonamides is 1. The Morgan fingerprint density at radius 1 is 1.00 bits per heavy atom. The van der Waals surface area contributed by atoms with Gasteiger partial charge in [0.15, 0.2) is 23.2 Å². The molecule has 0 aliphatic heterocycles. The van der Waals surface area contributed by atoms with Crippen molar-refractivity contribution >= 4 is 33.1 Å². The van der Waals surface area contributed by atoms with Gasteiger partial charge in [0, 0.05) is 23.9 Å². The number of hydrogen-bond acceptors (Lipinski definition) is 9. The second-order valence-corrected chi connectivity index (χ2v) is 10.1. The molecule has 0 bridgehead atoms. The van der Waals surface area contributed by atoms with E-state index in [2.05, 4.69) is 32.0 Å². The Hall–Kier alpha value is -4.32. The van der Waals surface area contributed by atoms with Crippen LogP contribution in [-0.4, -0.2) is 46.5 Å². The number of aryl methyl sites for hydroxylation is 1. The highest BCUT2D eigenvalue weighted by molar-refractivity contribution is 7.92. The molecule has 12 heteroatoms. The molecule has 0 unspecified atom stereocenters. The van der Waals surface area contributed by atoms with Gasteiger partial charge in [0.05, 0.1) is 26.2 Å². The monoisotopic (exact) mass is 541 g/mol. The molecule has 0 saturated carbocycles. The topological polar surface area (TPSA) is 137 Å². The molecule has 11 nitrogen and oxygen atoms in total. The molecule has 202 valence electrons. The van der Waals surface area contributed by atoms with E-state index < -0.39 is 10.0 Å². The number of nitrogens with one attached hydrogen (secondary N) is 2. The van der Waals surface area contributed by atoms with E-state index in [9.17, 15) is 8.42 Å². The number of hydrogen-bond donors (Lipinski definition) is 2. The van der Waals surface area contributed by atoms with Crippen LogP contribution in [-0.2, 0) is 16.4 Å². The summed E-state index contributed by atoms with van der Waals surface area (Å²) in [4.78, 5) is 0.0564. The molecule has 3 rings (SSSR count). The number of aromatic nitrogens is 1. The van der Waals surface area contributed by atoms with Crippen molar-refractivity contribution in [2.75, 3.05) is 31.4 Å². The third kappa shape index (κ3) is 7.13. The van der Waals surface area contributed by atoms with E-state index in [-0.39, 0.29) is 10.7 Å². The van der Waals surface area contributed by atoms with Gasteiger partial charge in [-0.25, -0.2) is 8.42 Å². The van der Waals surface area contributed by atoms with Crippen LogP contribution in [0, 0.1) is 6.92 Å². The van der Waals surface area contributed by atoms with E-state index in [4.69, 9.17) is 18.7 Å². The molecule has 0 aliphatic rings. The van der Waals surface area contributed by atoms with Crippen molar-refractivity contribution in [1.29, 1.82) is 0 Å². The summed E-state index contributed by atoms with van der Waals surface area (Å²) in [6.07, 6.45) is 0.397. The molecule has 0 atom stereocenters. The molecular weight excluding hydrogens is 510 g/mol. The highest BCUT2D eigenvalue weighted by Crippen LogP contribution is 2.38. The van der Waals surface area contributed by atoms with Gasteiger partial charge in [-0.3, -0.25) is 4.72 Å². The Morgan fingerprint density at radius 3 is 2.13 bits per heavy atom. The quantitative estimate of drug-likeness (QED) is 0.200. The van der Waals surface area contributed by atoms with Crippen molar-refractivity contribution in [3.8, 4) is 17.2 Å². The molecule has 1 heterocycles. The minimum absolute atomic E-state index is 0.0564. The number of ether oxygens (including phenoxy) is 3. The van der Waals surface area contributed by atoms with E-state index in [1.807, 2.05) is 26.0 Å². The second kappa shape index (κ2) is 12.3. The Balaban J connectivity index is 1.83. The lowest BCUT2D eigenvalue weighted by Crippen LogP contribution is -2.17. The number of benzene rings is 2. The summed E-state index contributed by atoms with van der Waals surface area (Å²) in [5.74, 6) is 2.54. The lowest BCUT2D eigenvalue weighted by molar-refractivity contribution is 0.324. The average molecular weight is 542 g/mol. The van der Waals surface area contributed by atoms with Crippen LogP contribution in [0.15, 0.2) is 74.2 Å². The van der Waals surface area contributed by atoms with Crippen LogP contribution in [0.1, 0.15) is 25.2 Å². The molecule has 0 saturated heterocycles. The number of rotatable bonds is 11. The van der Waals surface area contributed by atoms with Crippen LogP contribution in [0.4, 0.5) is 11.5 Å². The highest BCUT2D eigenvalue weighted by atomic mass is 32.2. The van der Waals surface area contributed by atoms with Gasteiger partial charge in [0.2, 0.25) is 5.75 Å². The summed E-state index contributed by atoms with van der Waals surface area (Å²) in [6, 6.07) is 11.3. The molecular formula is C26H31N5O6S. The van der Waals surface area contributed by atoms with E-state index in [1.54, 1.807) is 40.4 Å². The number of nitrogens with zero attached hydrogens (tertiary/aromatic N) is 3. The van der Waals surface area contributed by atoms with Crippen molar-refractivity contribution < 1.29 is 27.2 Å². The summed E-state index contributed by atoms with van der Waals surface area (Å²) < 4.78 is 49.0. The van der Waals surface area contributed by atoms with Gasteiger partial charge < -0.3 is 24.1 Å². The Labute approximate surface area is 222 Å². The normalized spacial score (nSPS) is 11.5. The molecule has 0 radical (unpaired) electrons. The van der Waals surface area contributed by atoms with Crippen molar-refractivity contribution in [3.63, 3.8) is 0 Å². The van der Waals surface area contributed by atoms with Gasteiger partial charge in [0.25, 0.3) is 10.0 Å². The van der Waals surface area contributed by atoms with Crippen molar-refractivity contribution in [1.82, 2.24) is 5.16 Å². The van der Waals surface area contributed by atoms with Crippen molar-refractivity contribution in [2.24, 2.45) is 10.2 Å². The summed E-state index contributed by atoms with van der Waals surface area (Å²) in [7, 11) is 0.797. The first-order valence-electron chi connectivity index (χ1n) is 11.5. The minimum atomic E-state index is -3.85. The predicted molar refractivity (Wildman–Crippen MR) is 147 cm³/mol. The molecule has 0 amide bonds. The van der Waals surface area contributed by atoms with Crippen LogP contribution >= 0.6 is 0 Å². The summed E-state index contributed by atoms with van der Waals surface area (Å²) >= 11 is 0. The SMILES string of the molecule is C=C(Cc1cc(OC)c(OC)c(OC)c1)/C(=N\N=C(C)C)Nc1ccc(S(=O)(=O)Nc2cc(C)on2)cc1. The highest BCUT2D eigenvalue weighted by Gasteiger charge is 2.18. The molecule has 2 aromatic carbocycles. The lowest BCUT2D eigenvalue weighted by atomic mass is 10.0. The zero-order valence-electron chi connectivity index (χ0n) is 22.2. The van der Waals surface area contributed by atoms with E-state index in [1.165, 1.54) is 18.2 Å². The van der Waals surface area contributed by atoms with Crippen LogP contribution in [0.2, 0.25) is 0 Å². The first kappa shape index (κ1) is 28.3. The van der Waals surface area contributed by atoms with Crippen LogP contribution in [0.3, 0.4) is 0 Å². The molecule has 38 heavy (non-hydrogen) atoms. The van der Waals surface area contributed by atoms with E-state index in [0.29, 0.717) is 46.5 Å². The first-order valence-corrected chi connectivity index (χ1v) is 12.9. The lowest BCUT2D eigenvalue weighted by Gasteiger charge is -2.16. The predicted octanol–water partition coefficient (Wildman–Crippen LogP) is 4.81. The Bertz CT molecular complexity index is 1430. The third-order valence-corrected chi connectivity index (χ3v) is 6.49. The maximum Gasteiger partial charge on any atom is 0.263 e. The fourth-order valence-corrected chi connectivity index (χ4v) is 4.35. The number of amidine groups is 1. The van der Waals surface area contributed by atoms with Gasteiger partial charge in [0.1, 0.15) is 5.76 Å². The third-order valence-electron chi connectivity index (χ3n) is 5.12. The Morgan fingerprint density at radius 2 is 1.63 bits per heavy atom.